The number of amides is 1. The molecule has 0 aromatic heterocycles. The van der Waals surface area contributed by atoms with Crippen molar-refractivity contribution >= 4 is 11.6 Å². The lowest BCUT2D eigenvalue weighted by atomic mass is 9.84. The van der Waals surface area contributed by atoms with Gasteiger partial charge in [0, 0.05) is 36.2 Å². The van der Waals surface area contributed by atoms with E-state index in [9.17, 15) is 14.9 Å². The lowest BCUT2D eigenvalue weighted by Gasteiger charge is -2.35. The topological polar surface area (TPSA) is 63.5 Å². The Kier molecular flexibility index (Phi) is 4.65. The van der Waals surface area contributed by atoms with Gasteiger partial charge in [-0.25, -0.2) is 0 Å². The van der Waals surface area contributed by atoms with E-state index >= 15 is 0 Å². The largest absolute Gasteiger partial charge is 0.333 e. The summed E-state index contributed by atoms with van der Waals surface area (Å²) in [5, 5.41) is 11.3. The molecule has 0 radical (unpaired) electrons. The molecule has 0 spiro atoms. The van der Waals surface area contributed by atoms with Crippen molar-refractivity contribution in [2.75, 3.05) is 6.54 Å². The quantitative estimate of drug-likeness (QED) is 0.495. The molecule has 3 aromatic carbocycles. The fraction of sp³-hybridized carbons (Fsp3) is 0.174. The SMILES string of the molecule is Cc1ccc(C(=O)N2Cc3ccccc3C(c3ccccc3)C2)cc1[N+](=O)[O-]. The molecule has 0 saturated carbocycles. The molecule has 0 saturated heterocycles. The molecule has 3 aromatic rings. The lowest BCUT2D eigenvalue weighted by molar-refractivity contribution is -0.385. The minimum Gasteiger partial charge on any atom is -0.333 e. The van der Waals surface area contributed by atoms with Crippen LogP contribution in [0.2, 0.25) is 0 Å². The van der Waals surface area contributed by atoms with Gasteiger partial charge in [-0.05, 0) is 29.7 Å². The third-order valence-corrected chi connectivity index (χ3v) is 5.34. The Labute approximate surface area is 163 Å². The number of fused-ring (bicyclic) bond motifs is 1. The van der Waals surface area contributed by atoms with E-state index in [0.717, 1.165) is 11.1 Å². The summed E-state index contributed by atoms with van der Waals surface area (Å²) in [5.41, 5.74) is 4.37. The first kappa shape index (κ1) is 17.9. The van der Waals surface area contributed by atoms with Crippen LogP contribution in [0, 0.1) is 17.0 Å². The molecule has 1 aliphatic rings. The number of nitro groups is 1. The van der Waals surface area contributed by atoms with Crippen molar-refractivity contribution in [3.05, 3.63) is 111 Å². The summed E-state index contributed by atoms with van der Waals surface area (Å²) in [5.74, 6) is -0.103. The van der Waals surface area contributed by atoms with E-state index in [4.69, 9.17) is 0 Å². The van der Waals surface area contributed by atoms with Gasteiger partial charge in [0.25, 0.3) is 11.6 Å². The molecule has 140 valence electrons. The van der Waals surface area contributed by atoms with Crippen LogP contribution in [0.5, 0.6) is 0 Å². The summed E-state index contributed by atoms with van der Waals surface area (Å²) < 4.78 is 0. The smallest absolute Gasteiger partial charge is 0.273 e. The van der Waals surface area contributed by atoms with E-state index in [1.165, 1.54) is 11.6 Å². The second-order valence-corrected chi connectivity index (χ2v) is 7.11. The van der Waals surface area contributed by atoms with Crippen LogP contribution in [-0.4, -0.2) is 22.3 Å². The first-order chi connectivity index (χ1) is 13.5. The average Bonchev–Trinajstić information content (AvgIpc) is 2.73. The zero-order chi connectivity index (χ0) is 19.7. The predicted molar refractivity (Wildman–Crippen MR) is 107 cm³/mol. The Morgan fingerprint density at radius 1 is 1.04 bits per heavy atom. The number of nitrogens with zero attached hydrogens (tertiary/aromatic N) is 2. The third kappa shape index (κ3) is 3.27. The van der Waals surface area contributed by atoms with Crippen LogP contribution in [0.1, 0.15) is 38.5 Å². The van der Waals surface area contributed by atoms with Gasteiger partial charge >= 0.3 is 0 Å². The maximum absolute atomic E-state index is 13.2. The highest BCUT2D eigenvalue weighted by molar-refractivity contribution is 5.95. The second kappa shape index (κ2) is 7.27. The molecule has 0 N–H and O–H groups in total. The number of hydrogen-bond donors (Lipinski definition) is 0. The lowest BCUT2D eigenvalue weighted by Crippen LogP contribution is -2.38. The molecule has 1 heterocycles. The standard InChI is InChI=1S/C23H20N2O3/c1-16-11-12-18(13-22(16)25(27)28)23(26)24-14-19-9-5-6-10-20(19)21(15-24)17-7-3-2-4-8-17/h2-13,21H,14-15H2,1H3. The fourth-order valence-electron chi connectivity index (χ4n) is 3.85. The van der Waals surface area contributed by atoms with Crippen LogP contribution >= 0.6 is 0 Å². The van der Waals surface area contributed by atoms with Crippen LogP contribution in [0.3, 0.4) is 0 Å². The minimum atomic E-state index is -0.440. The normalized spacial score (nSPS) is 15.8. The Bertz CT molecular complexity index is 1050. The number of carbonyl (C=O) groups excluding carboxylic acids is 1. The summed E-state index contributed by atoms with van der Waals surface area (Å²) in [7, 11) is 0. The monoisotopic (exact) mass is 372 g/mol. The molecule has 1 amide bonds. The molecule has 1 atom stereocenters. The van der Waals surface area contributed by atoms with Gasteiger partial charge < -0.3 is 4.90 Å². The molecule has 5 nitrogen and oxygen atoms in total. The van der Waals surface area contributed by atoms with Gasteiger partial charge in [0.2, 0.25) is 0 Å². The van der Waals surface area contributed by atoms with Crippen molar-refractivity contribution in [2.24, 2.45) is 0 Å². The molecular weight excluding hydrogens is 352 g/mol. The fourth-order valence-corrected chi connectivity index (χ4v) is 3.85. The van der Waals surface area contributed by atoms with E-state index < -0.39 is 4.92 Å². The molecule has 1 aliphatic heterocycles. The maximum Gasteiger partial charge on any atom is 0.273 e. The van der Waals surface area contributed by atoms with Crippen molar-refractivity contribution in [1.29, 1.82) is 0 Å². The van der Waals surface area contributed by atoms with Crippen molar-refractivity contribution in [1.82, 2.24) is 4.90 Å². The van der Waals surface area contributed by atoms with E-state index in [0.29, 0.717) is 24.2 Å². The van der Waals surface area contributed by atoms with Crippen LogP contribution in [-0.2, 0) is 6.54 Å². The number of hydrogen-bond acceptors (Lipinski definition) is 3. The van der Waals surface area contributed by atoms with Gasteiger partial charge in [-0.2, -0.15) is 0 Å². The van der Waals surface area contributed by atoms with Gasteiger partial charge in [-0.1, -0.05) is 60.7 Å². The van der Waals surface area contributed by atoms with Crippen molar-refractivity contribution < 1.29 is 9.72 Å². The summed E-state index contributed by atoms with van der Waals surface area (Å²) in [6.07, 6.45) is 0. The number of aryl methyl sites for hydroxylation is 1. The highest BCUT2D eigenvalue weighted by Gasteiger charge is 2.30. The number of benzene rings is 3. The van der Waals surface area contributed by atoms with E-state index in [2.05, 4.69) is 18.2 Å². The number of nitro benzene ring substituents is 1. The first-order valence-electron chi connectivity index (χ1n) is 9.21. The van der Waals surface area contributed by atoms with Gasteiger partial charge in [0.15, 0.2) is 0 Å². The van der Waals surface area contributed by atoms with Gasteiger partial charge in [-0.3, -0.25) is 14.9 Å². The van der Waals surface area contributed by atoms with Gasteiger partial charge in [0.05, 0.1) is 4.92 Å². The van der Waals surface area contributed by atoms with Gasteiger partial charge in [0.1, 0.15) is 0 Å². The Morgan fingerprint density at radius 2 is 1.75 bits per heavy atom. The summed E-state index contributed by atoms with van der Waals surface area (Å²) in [6, 6.07) is 23.0. The van der Waals surface area contributed by atoms with Crippen molar-refractivity contribution in [3.8, 4) is 0 Å². The Morgan fingerprint density at radius 3 is 2.50 bits per heavy atom. The van der Waals surface area contributed by atoms with Crippen LogP contribution in [0.15, 0.2) is 72.8 Å². The average molecular weight is 372 g/mol. The van der Waals surface area contributed by atoms with E-state index in [-0.39, 0.29) is 17.5 Å². The molecule has 0 bridgehead atoms. The molecule has 0 fully saturated rings. The minimum absolute atomic E-state index is 0.0251. The third-order valence-electron chi connectivity index (χ3n) is 5.34. The zero-order valence-electron chi connectivity index (χ0n) is 15.5. The van der Waals surface area contributed by atoms with E-state index in [1.54, 1.807) is 24.0 Å². The highest BCUT2D eigenvalue weighted by atomic mass is 16.6. The van der Waals surface area contributed by atoms with Crippen molar-refractivity contribution in [3.63, 3.8) is 0 Å². The molecular formula is C23H20N2O3. The summed E-state index contributed by atoms with van der Waals surface area (Å²) in [4.78, 5) is 25.8. The summed E-state index contributed by atoms with van der Waals surface area (Å²) in [6.45, 7) is 2.72. The van der Waals surface area contributed by atoms with Crippen molar-refractivity contribution in [2.45, 2.75) is 19.4 Å². The van der Waals surface area contributed by atoms with Crippen LogP contribution in [0.25, 0.3) is 0 Å². The van der Waals surface area contributed by atoms with Crippen LogP contribution in [0.4, 0.5) is 5.69 Å². The molecule has 28 heavy (non-hydrogen) atoms. The first-order valence-corrected chi connectivity index (χ1v) is 9.21. The van der Waals surface area contributed by atoms with E-state index in [1.807, 2.05) is 36.4 Å². The molecule has 5 heteroatoms. The maximum atomic E-state index is 13.2. The highest BCUT2D eigenvalue weighted by Crippen LogP contribution is 2.34. The zero-order valence-corrected chi connectivity index (χ0v) is 15.5. The molecule has 0 aliphatic carbocycles. The Balaban J connectivity index is 1.71. The predicted octanol–water partition coefficient (Wildman–Crippen LogP) is 4.69. The Hall–Kier alpha value is -3.47. The molecule has 1 unspecified atom stereocenters. The molecule has 4 rings (SSSR count). The second-order valence-electron chi connectivity index (χ2n) is 7.11. The number of rotatable bonds is 3. The van der Waals surface area contributed by atoms with Crippen LogP contribution < -0.4 is 0 Å². The van der Waals surface area contributed by atoms with Gasteiger partial charge in [-0.15, -0.1) is 0 Å². The summed E-state index contributed by atoms with van der Waals surface area (Å²) >= 11 is 0. The number of carbonyl (C=O) groups is 1.